The Kier molecular flexibility index (Phi) is 5.30. The largest absolute Gasteiger partial charge is 0.493 e. The second kappa shape index (κ2) is 6.98. The van der Waals surface area contributed by atoms with E-state index in [-0.39, 0.29) is 0 Å². The second-order valence-corrected chi connectivity index (χ2v) is 6.00. The van der Waals surface area contributed by atoms with Crippen LogP contribution in [0.2, 0.25) is 0 Å². The number of nitrogens with one attached hydrogen (secondary N) is 1. The van der Waals surface area contributed by atoms with Crippen LogP contribution in [0.1, 0.15) is 45.1 Å². The van der Waals surface area contributed by atoms with Gasteiger partial charge in [0.05, 0.1) is 13.7 Å². The molecule has 1 saturated carbocycles. The molecule has 0 aromatic heterocycles. The van der Waals surface area contributed by atoms with Gasteiger partial charge in [0.25, 0.3) is 0 Å². The minimum absolute atomic E-state index is 0.477. The summed E-state index contributed by atoms with van der Waals surface area (Å²) in [6.45, 7) is 6.95. The molecule has 0 radical (unpaired) electrons. The van der Waals surface area contributed by atoms with Crippen LogP contribution in [0.25, 0.3) is 0 Å². The van der Waals surface area contributed by atoms with Crippen molar-refractivity contribution in [2.24, 2.45) is 5.41 Å². The summed E-state index contributed by atoms with van der Waals surface area (Å²) in [5, 5.41) is 3.59. The predicted octanol–water partition coefficient (Wildman–Crippen LogP) is 3.76. The molecule has 1 aromatic rings. The van der Waals surface area contributed by atoms with Gasteiger partial charge >= 0.3 is 0 Å². The van der Waals surface area contributed by atoms with Crippen LogP contribution in [-0.2, 0) is 6.54 Å². The monoisotopic (exact) mass is 277 g/mol. The number of hydrogen-bond donors (Lipinski definition) is 1. The summed E-state index contributed by atoms with van der Waals surface area (Å²) in [6, 6.07) is 6.09. The summed E-state index contributed by atoms with van der Waals surface area (Å²) in [6.07, 6.45) is 5.44. The molecule has 112 valence electrons. The zero-order valence-electron chi connectivity index (χ0n) is 13.0. The molecule has 0 amide bonds. The number of benzene rings is 1. The van der Waals surface area contributed by atoms with Crippen molar-refractivity contribution in [3.63, 3.8) is 0 Å². The summed E-state index contributed by atoms with van der Waals surface area (Å²) in [7, 11) is 1.71. The van der Waals surface area contributed by atoms with Crippen molar-refractivity contribution >= 4 is 0 Å². The van der Waals surface area contributed by atoms with Crippen molar-refractivity contribution in [3.05, 3.63) is 23.8 Å². The fraction of sp³-hybridized carbons (Fsp3) is 0.647. The average Bonchev–Trinajstić information content (AvgIpc) is 2.86. The van der Waals surface area contributed by atoms with E-state index in [1.165, 1.54) is 31.2 Å². The first-order valence-electron chi connectivity index (χ1n) is 7.68. The smallest absolute Gasteiger partial charge is 0.165 e. The number of methoxy groups -OCH3 is 1. The second-order valence-electron chi connectivity index (χ2n) is 6.00. The highest BCUT2D eigenvalue weighted by atomic mass is 16.5. The van der Waals surface area contributed by atoms with Crippen LogP contribution < -0.4 is 14.8 Å². The van der Waals surface area contributed by atoms with Crippen molar-refractivity contribution in [1.29, 1.82) is 0 Å². The molecule has 0 atom stereocenters. The fourth-order valence-corrected chi connectivity index (χ4v) is 3.11. The molecule has 20 heavy (non-hydrogen) atoms. The third kappa shape index (κ3) is 3.66. The van der Waals surface area contributed by atoms with Crippen LogP contribution in [0.3, 0.4) is 0 Å². The molecule has 0 unspecified atom stereocenters. The normalized spacial score (nSPS) is 17.1. The first kappa shape index (κ1) is 15.2. The topological polar surface area (TPSA) is 30.5 Å². The van der Waals surface area contributed by atoms with Crippen molar-refractivity contribution in [2.45, 2.75) is 46.1 Å². The van der Waals surface area contributed by atoms with Crippen molar-refractivity contribution in [2.75, 3.05) is 20.3 Å². The van der Waals surface area contributed by atoms with E-state index < -0.39 is 0 Å². The molecular formula is C17H27NO2. The number of rotatable bonds is 7. The van der Waals surface area contributed by atoms with Gasteiger partial charge in [-0.25, -0.2) is 0 Å². The van der Waals surface area contributed by atoms with Gasteiger partial charge in [0.2, 0.25) is 0 Å². The van der Waals surface area contributed by atoms with Crippen LogP contribution in [-0.4, -0.2) is 20.3 Å². The third-order valence-corrected chi connectivity index (χ3v) is 4.24. The summed E-state index contributed by atoms with van der Waals surface area (Å²) in [5.74, 6) is 1.69. The molecule has 1 fully saturated rings. The van der Waals surface area contributed by atoms with E-state index in [9.17, 15) is 0 Å². The molecular weight excluding hydrogens is 250 g/mol. The molecule has 0 bridgehead atoms. The Morgan fingerprint density at radius 1 is 1.25 bits per heavy atom. The fourth-order valence-electron chi connectivity index (χ4n) is 3.11. The zero-order chi connectivity index (χ0) is 14.4. The van der Waals surface area contributed by atoms with Crippen LogP contribution in [0.4, 0.5) is 0 Å². The van der Waals surface area contributed by atoms with Crippen LogP contribution >= 0.6 is 0 Å². The summed E-state index contributed by atoms with van der Waals surface area (Å²) >= 11 is 0. The van der Waals surface area contributed by atoms with Gasteiger partial charge in [0.15, 0.2) is 11.5 Å². The minimum Gasteiger partial charge on any atom is -0.493 e. The van der Waals surface area contributed by atoms with Crippen LogP contribution in [0.15, 0.2) is 18.2 Å². The third-order valence-electron chi connectivity index (χ3n) is 4.24. The first-order valence-corrected chi connectivity index (χ1v) is 7.68. The highest BCUT2D eigenvalue weighted by Gasteiger charge is 2.27. The first-order chi connectivity index (χ1) is 9.68. The quantitative estimate of drug-likeness (QED) is 0.823. The van der Waals surface area contributed by atoms with E-state index in [1.807, 2.05) is 19.1 Å². The standard InChI is InChI=1S/C17H27NO2/c1-4-20-15-9-7-8-14(16(15)19-3)12-18-13-17(2)10-5-6-11-17/h7-9,18H,4-6,10-13H2,1-3H3. The van der Waals surface area contributed by atoms with Crippen LogP contribution in [0, 0.1) is 5.41 Å². The lowest BCUT2D eigenvalue weighted by Crippen LogP contribution is -2.29. The molecule has 1 aliphatic rings. The summed E-state index contributed by atoms with van der Waals surface area (Å²) in [5.41, 5.74) is 1.64. The molecule has 1 aromatic carbocycles. The average molecular weight is 277 g/mol. The van der Waals surface area contributed by atoms with Crippen LogP contribution in [0.5, 0.6) is 11.5 Å². The lowest BCUT2D eigenvalue weighted by molar-refractivity contribution is 0.302. The molecule has 0 spiro atoms. The van der Waals surface area contributed by atoms with Gasteiger partial charge in [0, 0.05) is 18.7 Å². The molecule has 0 heterocycles. The van der Waals surface area contributed by atoms with Crippen molar-refractivity contribution < 1.29 is 9.47 Å². The van der Waals surface area contributed by atoms with E-state index in [1.54, 1.807) is 7.11 Å². The maximum absolute atomic E-state index is 5.62. The zero-order valence-corrected chi connectivity index (χ0v) is 13.0. The molecule has 0 saturated heterocycles. The molecule has 2 rings (SSSR count). The van der Waals surface area contributed by atoms with Gasteiger partial charge in [-0.2, -0.15) is 0 Å². The van der Waals surface area contributed by atoms with Gasteiger partial charge in [0.1, 0.15) is 0 Å². The van der Waals surface area contributed by atoms with E-state index in [2.05, 4.69) is 18.3 Å². The van der Waals surface area contributed by atoms with Gasteiger partial charge in [-0.1, -0.05) is 31.9 Å². The number of hydrogen-bond acceptors (Lipinski definition) is 3. The highest BCUT2D eigenvalue weighted by molar-refractivity contribution is 5.46. The predicted molar refractivity (Wildman–Crippen MR) is 82.4 cm³/mol. The summed E-state index contributed by atoms with van der Waals surface area (Å²) in [4.78, 5) is 0. The van der Waals surface area contributed by atoms with Crippen molar-refractivity contribution in [3.8, 4) is 11.5 Å². The van der Waals surface area contributed by atoms with Crippen molar-refractivity contribution in [1.82, 2.24) is 5.32 Å². The number of para-hydroxylation sites is 1. The maximum Gasteiger partial charge on any atom is 0.165 e. The molecule has 1 N–H and O–H groups in total. The highest BCUT2D eigenvalue weighted by Crippen LogP contribution is 2.37. The SMILES string of the molecule is CCOc1cccc(CNCC2(C)CCCC2)c1OC. The Labute approximate surface area is 122 Å². The summed E-state index contributed by atoms with van der Waals surface area (Å²) < 4.78 is 11.1. The Morgan fingerprint density at radius 3 is 2.65 bits per heavy atom. The Bertz CT molecular complexity index is 425. The Balaban J connectivity index is 1.96. The maximum atomic E-state index is 5.62. The lowest BCUT2D eigenvalue weighted by Gasteiger charge is -2.24. The lowest BCUT2D eigenvalue weighted by atomic mass is 9.89. The molecule has 3 nitrogen and oxygen atoms in total. The van der Waals surface area contributed by atoms with Gasteiger partial charge in [-0.15, -0.1) is 0 Å². The molecule has 3 heteroatoms. The van der Waals surface area contributed by atoms with E-state index in [0.717, 1.165) is 24.6 Å². The van der Waals surface area contributed by atoms with E-state index in [4.69, 9.17) is 9.47 Å². The number of ether oxygens (including phenoxy) is 2. The van der Waals surface area contributed by atoms with E-state index in [0.29, 0.717) is 12.0 Å². The van der Waals surface area contributed by atoms with Gasteiger partial charge < -0.3 is 14.8 Å². The van der Waals surface area contributed by atoms with E-state index >= 15 is 0 Å². The Hall–Kier alpha value is -1.22. The Morgan fingerprint density at radius 2 is 2.00 bits per heavy atom. The van der Waals surface area contributed by atoms with Gasteiger partial charge in [-0.3, -0.25) is 0 Å². The molecule has 1 aliphatic carbocycles. The van der Waals surface area contributed by atoms with Gasteiger partial charge in [-0.05, 0) is 31.2 Å². The molecule has 0 aliphatic heterocycles. The minimum atomic E-state index is 0.477.